The first-order valence-electron chi connectivity index (χ1n) is 16.0. The fraction of sp³-hybridized carbons (Fsp3) is 0.190. The van der Waals surface area contributed by atoms with Gasteiger partial charge in [-0.2, -0.15) is 0 Å². The van der Waals surface area contributed by atoms with Crippen LogP contribution in [0.2, 0.25) is 0 Å². The number of allylic oxidation sites excluding steroid dienone is 4. The second-order valence-electron chi connectivity index (χ2n) is 13.4. The van der Waals surface area contributed by atoms with Gasteiger partial charge in [0, 0.05) is 29.1 Å². The zero-order valence-corrected chi connectivity index (χ0v) is 25.7. The van der Waals surface area contributed by atoms with Crippen LogP contribution in [0.25, 0.3) is 21.6 Å². The highest BCUT2D eigenvalue weighted by Gasteiger charge is 2.51. The normalized spacial score (nSPS) is 24.6. The van der Waals surface area contributed by atoms with E-state index in [1.165, 1.54) is 77.2 Å². The fourth-order valence-electron chi connectivity index (χ4n) is 9.31. The van der Waals surface area contributed by atoms with Crippen LogP contribution < -0.4 is 0 Å². The van der Waals surface area contributed by atoms with Crippen LogP contribution in [0.4, 0.5) is 0 Å². The largest absolute Gasteiger partial charge is 0.299 e. The first kappa shape index (κ1) is 25.7. The van der Waals surface area contributed by atoms with Crippen molar-refractivity contribution in [2.24, 2.45) is 0 Å². The highest BCUT2D eigenvalue weighted by atomic mass is 32.1. The number of hydrogen-bond donors (Lipinski definition) is 0. The SMILES string of the molecule is CC(=O)C1c2cc(C3=CCC(c4ccc5c(c4)C4CC(=O)C5c5cc(-c6cccs6)ccc54)=C3)ccc2C2c3ccccc3C12. The van der Waals surface area contributed by atoms with Crippen LogP contribution in [0, 0.1) is 0 Å². The summed E-state index contributed by atoms with van der Waals surface area (Å²) in [7, 11) is 0. The van der Waals surface area contributed by atoms with Crippen molar-refractivity contribution in [1.82, 2.24) is 0 Å². The number of thiophene rings is 1. The van der Waals surface area contributed by atoms with Crippen molar-refractivity contribution < 1.29 is 9.59 Å². The van der Waals surface area contributed by atoms with Gasteiger partial charge < -0.3 is 0 Å². The highest BCUT2D eigenvalue weighted by molar-refractivity contribution is 7.13. The molecule has 0 N–H and O–H groups in total. The summed E-state index contributed by atoms with van der Waals surface area (Å²) in [4.78, 5) is 27.6. The van der Waals surface area contributed by atoms with E-state index in [2.05, 4.69) is 109 Å². The molecule has 216 valence electrons. The minimum absolute atomic E-state index is 0.0617. The van der Waals surface area contributed by atoms with E-state index < -0.39 is 0 Å². The number of rotatable bonds is 4. The maximum Gasteiger partial charge on any atom is 0.145 e. The third kappa shape index (κ3) is 3.50. The number of hydrogen-bond acceptors (Lipinski definition) is 3. The van der Waals surface area contributed by atoms with Crippen molar-refractivity contribution >= 4 is 34.0 Å². The Labute approximate surface area is 266 Å². The van der Waals surface area contributed by atoms with E-state index in [4.69, 9.17) is 0 Å². The van der Waals surface area contributed by atoms with Crippen molar-refractivity contribution in [2.45, 2.75) is 49.4 Å². The molecule has 5 aromatic rings. The average Bonchev–Trinajstić information content (AvgIpc) is 3.82. The lowest BCUT2D eigenvalue weighted by Gasteiger charge is -2.39. The van der Waals surface area contributed by atoms with Gasteiger partial charge in [0.1, 0.15) is 11.6 Å². The first-order chi connectivity index (χ1) is 22.0. The van der Waals surface area contributed by atoms with Crippen molar-refractivity contribution in [3.8, 4) is 10.4 Å². The topological polar surface area (TPSA) is 34.1 Å². The molecule has 2 bridgehead atoms. The van der Waals surface area contributed by atoms with Crippen LogP contribution in [0.1, 0.15) is 105 Å². The smallest absolute Gasteiger partial charge is 0.145 e. The van der Waals surface area contributed by atoms with E-state index in [1.807, 2.05) is 0 Å². The van der Waals surface area contributed by atoms with Gasteiger partial charge in [-0.05, 0) is 103 Å². The summed E-state index contributed by atoms with van der Waals surface area (Å²) in [6.45, 7) is 1.76. The lowest BCUT2D eigenvalue weighted by molar-refractivity contribution is -0.121. The molecule has 1 heterocycles. The number of carbonyl (C=O) groups is 2. The monoisotopic (exact) mass is 598 g/mol. The van der Waals surface area contributed by atoms with E-state index in [0.29, 0.717) is 18.1 Å². The predicted molar refractivity (Wildman–Crippen MR) is 181 cm³/mol. The summed E-state index contributed by atoms with van der Waals surface area (Å²) >= 11 is 1.74. The molecule has 6 aliphatic rings. The fourth-order valence-corrected chi connectivity index (χ4v) is 10.0. The van der Waals surface area contributed by atoms with Crippen LogP contribution in [-0.2, 0) is 9.59 Å². The predicted octanol–water partition coefficient (Wildman–Crippen LogP) is 9.75. The van der Waals surface area contributed by atoms with Crippen molar-refractivity contribution in [3.63, 3.8) is 0 Å². The molecule has 5 atom stereocenters. The lowest BCUT2D eigenvalue weighted by atomic mass is 9.62. The number of carbonyl (C=O) groups excluding carboxylic acids is 2. The van der Waals surface area contributed by atoms with Gasteiger partial charge in [0.15, 0.2) is 0 Å². The molecule has 6 aliphatic carbocycles. The molecule has 11 rings (SSSR count). The summed E-state index contributed by atoms with van der Waals surface area (Å²) in [5, 5.41) is 2.11. The van der Waals surface area contributed by atoms with Crippen molar-refractivity contribution in [3.05, 3.63) is 164 Å². The molecule has 45 heavy (non-hydrogen) atoms. The third-order valence-corrected chi connectivity index (χ3v) is 12.2. The number of Topliss-reactive ketones (excluding diaryl/α,β-unsaturated/α-hetero) is 2. The summed E-state index contributed by atoms with van der Waals surface area (Å²) in [5.74, 6) is 1.12. The summed E-state index contributed by atoms with van der Waals surface area (Å²) in [6, 6.07) is 33.3. The van der Waals surface area contributed by atoms with Gasteiger partial charge in [0.05, 0.1) is 11.8 Å². The van der Waals surface area contributed by atoms with Crippen LogP contribution in [-0.4, -0.2) is 11.6 Å². The molecule has 4 aromatic carbocycles. The molecular formula is C42H30O2S. The Bertz CT molecular complexity index is 2200. The quantitative estimate of drug-likeness (QED) is 0.206. The minimum atomic E-state index is -0.165. The van der Waals surface area contributed by atoms with Gasteiger partial charge in [-0.3, -0.25) is 9.59 Å². The molecule has 1 aromatic heterocycles. The molecule has 0 aliphatic heterocycles. The molecule has 0 saturated carbocycles. The second-order valence-corrected chi connectivity index (χ2v) is 14.4. The Hall–Kier alpha value is -4.60. The van der Waals surface area contributed by atoms with Gasteiger partial charge in [0.25, 0.3) is 0 Å². The molecular weight excluding hydrogens is 569 g/mol. The molecule has 0 saturated heterocycles. The summed E-state index contributed by atoms with van der Waals surface area (Å²) in [5.41, 5.74) is 16.5. The molecule has 0 spiro atoms. The summed E-state index contributed by atoms with van der Waals surface area (Å²) in [6.07, 6.45) is 6.13. The van der Waals surface area contributed by atoms with Gasteiger partial charge >= 0.3 is 0 Å². The number of fused-ring (bicyclic) bond motifs is 7. The first-order valence-corrected chi connectivity index (χ1v) is 16.9. The van der Waals surface area contributed by atoms with Crippen LogP contribution in [0.15, 0.2) is 109 Å². The minimum Gasteiger partial charge on any atom is -0.299 e. The number of ketones is 2. The Morgan fingerprint density at radius 3 is 2.29 bits per heavy atom. The van der Waals surface area contributed by atoms with Crippen LogP contribution in [0.5, 0.6) is 0 Å². The average molecular weight is 599 g/mol. The van der Waals surface area contributed by atoms with E-state index in [0.717, 1.165) is 6.42 Å². The van der Waals surface area contributed by atoms with Gasteiger partial charge in [0.2, 0.25) is 0 Å². The maximum atomic E-state index is 13.3. The zero-order valence-electron chi connectivity index (χ0n) is 24.9. The van der Waals surface area contributed by atoms with Crippen LogP contribution in [0.3, 0.4) is 0 Å². The molecule has 5 unspecified atom stereocenters. The zero-order chi connectivity index (χ0) is 30.0. The maximum absolute atomic E-state index is 13.3. The second kappa shape index (κ2) is 9.22. The number of benzene rings is 4. The van der Waals surface area contributed by atoms with Gasteiger partial charge in [-0.1, -0.05) is 91.0 Å². The van der Waals surface area contributed by atoms with Crippen LogP contribution >= 0.6 is 11.3 Å². The van der Waals surface area contributed by atoms with Crippen molar-refractivity contribution in [1.29, 1.82) is 0 Å². The molecule has 3 heteroatoms. The van der Waals surface area contributed by atoms with Crippen molar-refractivity contribution in [2.75, 3.05) is 0 Å². The Morgan fingerprint density at radius 1 is 0.711 bits per heavy atom. The summed E-state index contributed by atoms with van der Waals surface area (Å²) < 4.78 is 0. The molecule has 0 amide bonds. The van der Waals surface area contributed by atoms with Gasteiger partial charge in [-0.15, -0.1) is 11.3 Å². The van der Waals surface area contributed by atoms with Gasteiger partial charge in [-0.25, -0.2) is 0 Å². The Morgan fingerprint density at radius 2 is 1.44 bits per heavy atom. The Balaban J connectivity index is 0.978. The molecule has 2 nitrogen and oxygen atoms in total. The van der Waals surface area contributed by atoms with E-state index >= 15 is 0 Å². The third-order valence-electron chi connectivity index (χ3n) is 11.3. The molecule has 0 fully saturated rings. The van der Waals surface area contributed by atoms with E-state index in [-0.39, 0.29) is 29.5 Å². The lowest BCUT2D eigenvalue weighted by Crippen LogP contribution is -2.32. The highest BCUT2D eigenvalue weighted by Crippen LogP contribution is 2.63. The van der Waals surface area contributed by atoms with E-state index in [1.54, 1.807) is 18.3 Å². The van der Waals surface area contributed by atoms with E-state index in [9.17, 15) is 9.59 Å². The standard InChI is InChI=1S/C42H30O2S/c1-22(43)39-36-19-26(11-15-32(36)41-29-5-2-3-6-30(29)42(39)41)24-9-8-23(17-24)25-10-14-31-33(18-25)34-21-37(44)40(31)35-20-27(12-13-28(34)35)38-7-4-16-45-38/h2-7,9-20,34,39-42H,8,21H2,1H3. The molecule has 0 radical (unpaired) electrons. The Kier molecular flexibility index (Phi) is 5.26.